The zero-order chi connectivity index (χ0) is 33.0. The molecule has 0 heteroatoms. The van der Waals surface area contributed by atoms with E-state index in [0.29, 0.717) is 0 Å². The van der Waals surface area contributed by atoms with E-state index in [1.165, 1.54) is 98.4 Å². The average molecular weight is 633 g/mol. The maximum Gasteiger partial charge on any atom is -0.00262 e. The highest BCUT2D eigenvalue weighted by atomic mass is 14.2. The lowest BCUT2D eigenvalue weighted by atomic mass is 9.85. The van der Waals surface area contributed by atoms with Crippen molar-refractivity contribution in [3.8, 4) is 44.5 Å². The topological polar surface area (TPSA) is 0 Å². The second-order valence-electron chi connectivity index (χ2n) is 13.2. The molecule has 0 aliphatic heterocycles. The Balaban J connectivity index is 1.13. The standard InChI is InChI=1S/C50H32/c1-2-13-33(14-3-1)36-15-12-16-38(31-36)50-46-23-10-8-21-44(46)49(45-22-9-11-24-47(45)50)35-27-25-34(26-28-35)37-29-30-43-41-19-5-4-17-39(41)40-18-6-7-20-42(40)48(43)32-37/h1-32H. The summed E-state index contributed by atoms with van der Waals surface area (Å²) in [4.78, 5) is 0. The zero-order valence-corrected chi connectivity index (χ0v) is 27.5. The molecule has 0 unspecified atom stereocenters. The lowest BCUT2D eigenvalue weighted by molar-refractivity contribution is 1.61. The van der Waals surface area contributed by atoms with Crippen LogP contribution in [0.3, 0.4) is 0 Å². The van der Waals surface area contributed by atoms with Crippen molar-refractivity contribution in [3.63, 3.8) is 0 Å². The Morgan fingerprint density at radius 2 is 0.500 bits per heavy atom. The maximum absolute atomic E-state index is 2.38. The van der Waals surface area contributed by atoms with Gasteiger partial charge in [0.1, 0.15) is 0 Å². The van der Waals surface area contributed by atoms with E-state index in [-0.39, 0.29) is 0 Å². The molecular weight excluding hydrogens is 601 g/mol. The van der Waals surface area contributed by atoms with Crippen LogP contribution in [-0.4, -0.2) is 0 Å². The fraction of sp³-hybridized carbons (Fsp3) is 0. The highest BCUT2D eigenvalue weighted by molar-refractivity contribution is 6.26. The van der Waals surface area contributed by atoms with Crippen LogP contribution in [0.5, 0.6) is 0 Å². The molecule has 0 saturated carbocycles. The van der Waals surface area contributed by atoms with Crippen molar-refractivity contribution in [3.05, 3.63) is 194 Å². The summed E-state index contributed by atoms with van der Waals surface area (Å²) < 4.78 is 0. The molecule has 0 aliphatic carbocycles. The molecule has 10 aromatic rings. The van der Waals surface area contributed by atoms with Gasteiger partial charge in [0.25, 0.3) is 0 Å². The summed E-state index contributed by atoms with van der Waals surface area (Å²) in [5, 5.41) is 12.9. The van der Waals surface area contributed by atoms with Gasteiger partial charge in [-0.3, -0.25) is 0 Å². The van der Waals surface area contributed by atoms with Crippen molar-refractivity contribution in [2.75, 3.05) is 0 Å². The van der Waals surface area contributed by atoms with Gasteiger partial charge in [-0.1, -0.05) is 182 Å². The van der Waals surface area contributed by atoms with Gasteiger partial charge < -0.3 is 0 Å². The molecule has 10 aromatic carbocycles. The van der Waals surface area contributed by atoms with Crippen LogP contribution in [-0.2, 0) is 0 Å². The second kappa shape index (κ2) is 11.6. The largest absolute Gasteiger partial charge is 0.0622 e. The van der Waals surface area contributed by atoms with Gasteiger partial charge in [-0.25, -0.2) is 0 Å². The summed E-state index contributed by atoms with van der Waals surface area (Å²) in [6.45, 7) is 0. The SMILES string of the molecule is c1ccc(-c2cccc(-c3c4ccccc4c(-c4ccc(-c5ccc6c7ccccc7c7ccccc7c6c5)cc4)c4ccccc34)c2)cc1. The van der Waals surface area contributed by atoms with Crippen LogP contribution >= 0.6 is 0 Å². The van der Waals surface area contributed by atoms with E-state index in [0.717, 1.165) is 0 Å². The maximum atomic E-state index is 2.38. The molecule has 0 N–H and O–H groups in total. The summed E-state index contributed by atoms with van der Waals surface area (Å²) in [6, 6.07) is 71.2. The first-order valence-corrected chi connectivity index (χ1v) is 17.4. The highest BCUT2D eigenvalue weighted by Gasteiger charge is 2.17. The monoisotopic (exact) mass is 632 g/mol. The highest BCUT2D eigenvalue weighted by Crippen LogP contribution is 2.45. The molecule has 0 aromatic heterocycles. The normalized spacial score (nSPS) is 11.6. The van der Waals surface area contributed by atoms with Crippen LogP contribution < -0.4 is 0 Å². The molecule has 0 atom stereocenters. The summed E-state index contributed by atoms with van der Waals surface area (Å²) in [5.74, 6) is 0. The molecule has 0 fully saturated rings. The van der Waals surface area contributed by atoms with Gasteiger partial charge in [-0.2, -0.15) is 0 Å². The molecule has 0 aliphatic rings. The Morgan fingerprint density at radius 3 is 1.06 bits per heavy atom. The number of benzene rings is 10. The smallest absolute Gasteiger partial charge is 0.00262 e. The van der Waals surface area contributed by atoms with E-state index < -0.39 is 0 Å². The van der Waals surface area contributed by atoms with Crippen molar-refractivity contribution in [2.24, 2.45) is 0 Å². The van der Waals surface area contributed by atoms with E-state index in [9.17, 15) is 0 Å². The van der Waals surface area contributed by atoms with Crippen molar-refractivity contribution in [2.45, 2.75) is 0 Å². The quantitative estimate of drug-likeness (QED) is 0.134. The Kier molecular flexibility index (Phi) is 6.60. The minimum atomic E-state index is 1.22. The third kappa shape index (κ3) is 4.54. The van der Waals surface area contributed by atoms with Crippen LogP contribution in [0.2, 0.25) is 0 Å². The first-order chi connectivity index (χ1) is 24.8. The third-order valence-corrected chi connectivity index (χ3v) is 10.4. The predicted octanol–water partition coefficient (Wildman–Crippen LogP) is 14.1. The molecule has 0 radical (unpaired) electrons. The van der Waals surface area contributed by atoms with Gasteiger partial charge in [0.05, 0.1) is 0 Å². The second-order valence-corrected chi connectivity index (χ2v) is 13.2. The molecule has 0 bridgehead atoms. The molecule has 0 amide bonds. The summed E-state index contributed by atoms with van der Waals surface area (Å²) in [6.07, 6.45) is 0. The van der Waals surface area contributed by atoms with E-state index in [4.69, 9.17) is 0 Å². The van der Waals surface area contributed by atoms with E-state index in [2.05, 4.69) is 194 Å². The Labute approximate surface area is 291 Å². The van der Waals surface area contributed by atoms with Crippen LogP contribution in [0, 0.1) is 0 Å². The minimum absolute atomic E-state index is 1.22. The summed E-state index contributed by atoms with van der Waals surface area (Å²) >= 11 is 0. The van der Waals surface area contributed by atoms with Crippen molar-refractivity contribution >= 4 is 53.9 Å². The van der Waals surface area contributed by atoms with Gasteiger partial charge in [0.15, 0.2) is 0 Å². The van der Waals surface area contributed by atoms with Crippen molar-refractivity contribution < 1.29 is 0 Å². The van der Waals surface area contributed by atoms with Gasteiger partial charge in [-0.15, -0.1) is 0 Å². The van der Waals surface area contributed by atoms with E-state index >= 15 is 0 Å². The Bertz CT molecular complexity index is 2800. The van der Waals surface area contributed by atoms with Crippen molar-refractivity contribution in [1.29, 1.82) is 0 Å². The molecule has 0 nitrogen and oxygen atoms in total. The predicted molar refractivity (Wildman–Crippen MR) is 216 cm³/mol. The minimum Gasteiger partial charge on any atom is -0.0622 e. The average Bonchev–Trinajstić information content (AvgIpc) is 3.20. The van der Waals surface area contributed by atoms with Gasteiger partial charge in [-0.05, 0) is 111 Å². The van der Waals surface area contributed by atoms with Crippen molar-refractivity contribution in [1.82, 2.24) is 0 Å². The van der Waals surface area contributed by atoms with Crippen LogP contribution in [0.4, 0.5) is 0 Å². The number of hydrogen-bond acceptors (Lipinski definition) is 0. The Hall–Kier alpha value is -6.50. The van der Waals surface area contributed by atoms with E-state index in [1.54, 1.807) is 0 Å². The van der Waals surface area contributed by atoms with Gasteiger partial charge in [0, 0.05) is 0 Å². The molecule has 0 heterocycles. The first-order valence-electron chi connectivity index (χ1n) is 17.4. The van der Waals surface area contributed by atoms with Gasteiger partial charge >= 0.3 is 0 Å². The number of fused-ring (bicyclic) bond motifs is 8. The van der Waals surface area contributed by atoms with Crippen LogP contribution in [0.15, 0.2) is 194 Å². The number of hydrogen-bond donors (Lipinski definition) is 0. The van der Waals surface area contributed by atoms with Crippen LogP contribution in [0.25, 0.3) is 98.4 Å². The third-order valence-electron chi connectivity index (χ3n) is 10.4. The molecule has 0 saturated heterocycles. The Morgan fingerprint density at radius 1 is 0.160 bits per heavy atom. The lowest BCUT2D eigenvalue weighted by Crippen LogP contribution is -1.91. The van der Waals surface area contributed by atoms with Gasteiger partial charge in [0.2, 0.25) is 0 Å². The summed E-state index contributed by atoms with van der Waals surface area (Å²) in [5.41, 5.74) is 9.93. The molecule has 232 valence electrons. The molecule has 10 rings (SSSR count). The number of rotatable bonds is 4. The molecular formula is C50H32. The van der Waals surface area contributed by atoms with Crippen LogP contribution in [0.1, 0.15) is 0 Å². The zero-order valence-electron chi connectivity index (χ0n) is 27.5. The summed E-state index contributed by atoms with van der Waals surface area (Å²) in [7, 11) is 0. The lowest BCUT2D eigenvalue weighted by Gasteiger charge is -2.18. The fourth-order valence-electron chi connectivity index (χ4n) is 8.15. The first kappa shape index (κ1) is 28.5. The molecule has 0 spiro atoms. The fourth-order valence-corrected chi connectivity index (χ4v) is 8.15. The van der Waals surface area contributed by atoms with E-state index in [1.807, 2.05) is 0 Å². The molecule has 50 heavy (non-hydrogen) atoms.